The molecular weight excluding hydrogens is 711 g/mol. The summed E-state index contributed by atoms with van der Waals surface area (Å²) < 4.78 is 0. The molecule has 0 aliphatic carbocycles. The van der Waals surface area contributed by atoms with Crippen LogP contribution in [0.3, 0.4) is 0 Å². The Kier molecular flexibility index (Phi) is 638. The Balaban J connectivity index is 0. The third kappa shape index (κ3) is 31.3. The molecule has 0 fully saturated rings. The SMILES string of the molecule is [Ir+4].[O-2].[O-2].[Os].[Pt].[Ru]. The maximum atomic E-state index is 0. The summed E-state index contributed by atoms with van der Waals surface area (Å²) >= 11 is 0. The van der Waals surface area contributed by atoms with Crippen LogP contribution >= 0.6 is 0 Å². The maximum Gasteiger partial charge on any atom is 4.00 e. The van der Waals surface area contributed by atoms with Gasteiger partial charge in [-0.05, 0) is 0 Å². The quantitative estimate of drug-likeness (QED) is 0.312. The van der Waals surface area contributed by atoms with E-state index in [0.717, 1.165) is 0 Å². The van der Waals surface area contributed by atoms with Crippen LogP contribution in [0.25, 0.3) is 0 Å². The first-order valence-corrected chi connectivity index (χ1v) is 0. The fraction of sp³-hybridized carbons (Fsp3) is 0. The van der Waals surface area contributed by atoms with Crippen LogP contribution in [0.2, 0.25) is 0 Å². The van der Waals surface area contributed by atoms with Crippen molar-refractivity contribution in [2.24, 2.45) is 0 Å². The average Bonchev–Trinajstić information content (AvgIpc) is 0. The van der Waals surface area contributed by atoms with E-state index in [1.165, 1.54) is 0 Å². The zero-order valence-corrected chi connectivity index (χ0v) is 11.1. The molecule has 2 nitrogen and oxygen atoms in total. The van der Waals surface area contributed by atoms with Crippen molar-refractivity contribution < 1.29 is 91.4 Å². The third-order valence-corrected chi connectivity index (χ3v) is 0. The molecule has 0 aliphatic heterocycles. The van der Waals surface area contributed by atoms with Crippen molar-refractivity contribution in [2.75, 3.05) is 0 Å². The minimum absolute atomic E-state index is 0. The summed E-state index contributed by atoms with van der Waals surface area (Å²) in [5, 5.41) is 0. The van der Waals surface area contributed by atoms with Crippen LogP contribution in [0.15, 0.2) is 0 Å². The topological polar surface area (TPSA) is 57.0 Å². The molecule has 0 aromatic rings. The van der Waals surface area contributed by atoms with Crippen molar-refractivity contribution in [1.82, 2.24) is 0 Å². The smallest absolute Gasteiger partial charge is 2.00 e. The van der Waals surface area contributed by atoms with E-state index in [1.54, 1.807) is 0 Å². The molecule has 1 radical (unpaired) electrons. The van der Waals surface area contributed by atoms with Gasteiger partial charge in [0.15, 0.2) is 0 Å². The summed E-state index contributed by atoms with van der Waals surface area (Å²) in [5.74, 6) is 0. The van der Waals surface area contributed by atoms with Gasteiger partial charge in [-0.1, -0.05) is 0 Å². The molecule has 47 valence electrons. The van der Waals surface area contributed by atoms with E-state index in [4.69, 9.17) is 0 Å². The van der Waals surface area contributed by atoms with Crippen LogP contribution in [-0.2, 0) is 91.4 Å². The Bertz CT molecular complexity index is 13.5. The van der Waals surface area contributed by atoms with E-state index in [2.05, 4.69) is 0 Å². The van der Waals surface area contributed by atoms with Crippen LogP contribution in [0.1, 0.15) is 0 Å². The number of rotatable bonds is 0. The Morgan fingerprint density at radius 1 is 0.833 bits per heavy atom. The first kappa shape index (κ1) is 76.0. The Hall–Kier alpha value is 2.52. The van der Waals surface area contributed by atoms with Gasteiger partial charge in [0.25, 0.3) is 0 Å². The molecule has 0 heterocycles. The van der Waals surface area contributed by atoms with Gasteiger partial charge in [0.05, 0.1) is 0 Å². The molecule has 0 N–H and O–H groups in total. The minimum atomic E-state index is 0. The van der Waals surface area contributed by atoms with E-state index in [1.807, 2.05) is 0 Å². The fourth-order valence-electron chi connectivity index (χ4n) is 0. The van der Waals surface area contributed by atoms with Gasteiger partial charge in [0, 0.05) is 60.3 Å². The molecule has 0 amide bonds. The third-order valence-electron chi connectivity index (χ3n) is 0. The van der Waals surface area contributed by atoms with E-state index in [-0.39, 0.29) is 91.4 Å². The number of hydrogen-bond acceptors (Lipinski definition) is 0. The van der Waals surface area contributed by atoms with Gasteiger partial charge < -0.3 is 11.0 Å². The first-order chi connectivity index (χ1) is 0. The summed E-state index contributed by atoms with van der Waals surface area (Å²) in [4.78, 5) is 0. The van der Waals surface area contributed by atoms with Crippen molar-refractivity contribution in [3.63, 3.8) is 0 Å². The second kappa shape index (κ2) is 50.4. The summed E-state index contributed by atoms with van der Waals surface area (Å²) in [6.07, 6.45) is 0. The van der Waals surface area contributed by atoms with Crippen molar-refractivity contribution in [3.8, 4) is 0 Å². The molecule has 0 saturated heterocycles. The van der Waals surface area contributed by atoms with Gasteiger partial charge in [0.2, 0.25) is 0 Å². The molecular formula is IrO2OsPtRu. The largest absolute Gasteiger partial charge is 4.00 e. The van der Waals surface area contributed by atoms with Gasteiger partial charge in [0.1, 0.15) is 0 Å². The molecule has 6 heavy (non-hydrogen) atoms. The molecule has 0 spiro atoms. The van der Waals surface area contributed by atoms with Crippen LogP contribution in [-0.4, -0.2) is 0 Å². The van der Waals surface area contributed by atoms with Crippen LogP contribution in [0, 0.1) is 0 Å². The van der Waals surface area contributed by atoms with Gasteiger partial charge in [-0.25, -0.2) is 0 Å². The van der Waals surface area contributed by atoms with Gasteiger partial charge in [-0.3, -0.25) is 0 Å². The zero-order chi connectivity index (χ0) is 0. The van der Waals surface area contributed by atoms with Crippen LogP contribution in [0.5, 0.6) is 0 Å². The zero-order valence-electron chi connectivity index (χ0n) is 2.17. The predicted octanol–water partition coefficient (Wildman–Crippen LogP) is -0.248. The fourth-order valence-corrected chi connectivity index (χ4v) is 0. The summed E-state index contributed by atoms with van der Waals surface area (Å²) in [6, 6.07) is 0. The van der Waals surface area contributed by atoms with E-state index >= 15 is 0 Å². The second-order valence-corrected chi connectivity index (χ2v) is 0. The van der Waals surface area contributed by atoms with Crippen molar-refractivity contribution in [1.29, 1.82) is 0 Å². The van der Waals surface area contributed by atoms with E-state index in [9.17, 15) is 0 Å². The molecule has 0 saturated carbocycles. The molecule has 0 aromatic carbocycles. The Morgan fingerprint density at radius 3 is 0.833 bits per heavy atom. The average molecular weight is 711 g/mol. The summed E-state index contributed by atoms with van der Waals surface area (Å²) in [5.41, 5.74) is 0. The monoisotopic (exact) mass is 714 g/mol. The number of hydrogen-bond donors (Lipinski definition) is 0. The van der Waals surface area contributed by atoms with Crippen molar-refractivity contribution in [2.45, 2.75) is 0 Å². The van der Waals surface area contributed by atoms with Gasteiger partial charge in [-0.15, -0.1) is 0 Å². The standard InChI is InChI=1S/Ir.2O.Os.Pt.Ru/q+4;2*-2;;;. The molecule has 0 aliphatic rings. The van der Waals surface area contributed by atoms with Gasteiger partial charge in [-0.2, -0.15) is 0 Å². The van der Waals surface area contributed by atoms with E-state index in [0.29, 0.717) is 0 Å². The molecule has 6 heteroatoms. The first-order valence-electron chi connectivity index (χ1n) is 0. The van der Waals surface area contributed by atoms with Crippen molar-refractivity contribution in [3.05, 3.63) is 0 Å². The van der Waals surface area contributed by atoms with Gasteiger partial charge >= 0.3 is 20.1 Å². The Morgan fingerprint density at radius 2 is 0.833 bits per heavy atom. The molecule has 0 bridgehead atoms. The minimum Gasteiger partial charge on any atom is -2.00 e. The molecule has 0 atom stereocenters. The van der Waals surface area contributed by atoms with E-state index < -0.39 is 0 Å². The molecule has 0 rings (SSSR count). The molecule has 0 aromatic heterocycles. The molecule has 0 unspecified atom stereocenters. The maximum absolute atomic E-state index is 0. The summed E-state index contributed by atoms with van der Waals surface area (Å²) in [6.45, 7) is 0. The predicted molar refractivity (Wildman–Crippen MR) is 1.37 cm³/mol. The summed E-state index contributed by atoms with van der Waals surface area (Å²) in [7, 11) is 0. The van der Waals surface area contributed by atoms with Crippen molar-refractivity contribution >= 4 is 0 Å². The van der Waals surface area contributed by atoms with Crippen LogP contribution in [0.4, 0.5) is 0 Å². The normalized spacial score (nSPS) is 0. The van der Waals surface area contributed by atoms with Crippen LogP contribution < -0.4 is 0 Å². The Labute approximate surface area is 90.3 Å². The second-order valence-electron chi connectivity index (χ2n) is 0.